The average Bonchev–Trinajstić information content (AvgIpc) is 3.27. The Morgan fingerprint density at radius 1 is 1.14 bits per heavy atom. The Bertz CT molecular complexity index is 951. The van der Waals surface area contributed by atoms with Gasteiger partial charge in [-0.15, -0.1) is 11.3 Å². The highest BCUT2D eigenvalue weighted by Crippen LogP contribution is 2.21. The number of sulfonamides is 1. The summed E-state index contributed by atoms with van der Waals surface area (Å²) in [4.78, 5) is 24.9. The van der Waals surface area contributed by atoms with Crippen LogP contribution in [-0.4, -0.2) is 32.3 Å². The van der Waals surface area contributed by atoms with Crippen LogP contribution in [0.4, 0.5) is 5.69 Å². The summed E-state index contributed by atoms with van der Waals surface area (Å²) in [6.07, 6.45) is 1.98. The van der Waals surface area contributed by atoms with Crippen LogP contribution in [-0.2, 0) is 14.8 Å². The van der Waals surface area contributed by atoms with E-state index in [2.05, 4.69) is 15.4 Å². The van der Waals surface area contributed by atoms with Gasteiger partial charge in [-0.3, -0.25) is 9.59 Å². The van der Waals surface area contributed by atoms with Gasteiger partial charge in [-0.1, -0.05) is 26.0 Å². The molecule has 9 heteroatoms. The molecule has 1 aromatic heterocycles. The number of amides is 2. The largest absolute Gasteiger partial charge is 0.349 e. The minimum absolute atomic E-state index is 0.157. The van der Waals surface area contributed by atoms with Gasteiger partial charge in [0.25, 0.3) is 15.9 Å². The number of hydrogen-bond acceptors (Lipinski definition) is 5. The van der Waals surface area contributed by atoms with E-state index in [-0.39, 0.29) is 22.1 Å². The van der Waals surface area contributed by atoms with E-state index in [1.807, 2.05) is 0 Å². The highest BCUT2D eigenvalue weighted by atomic mass is 32.2. The molecule has 0 radical (unpaired) electrons. The van der Waals surface area contributed by atoms with E-state index in [4.69, 9.17) is 0 Å². The summed E-state index contributed by atoms with van der Waals surface area (Å²) < 4.78 is 27.6. The number of rotatable bonds is 8. The Morgan fingerprint density at radius 2 is 1.89 bits per heavy atom. The fourth-order valence-corrected chi connectivity index (χ4v) is 4.94. The Kier molecular flexibility index (Phi) is 6.17. The zero-order valence-electron chi connectivity index (χ0n) is 15.6. The van der Waals surface area contributed by atoms with Gasteiger partial charge in [-0.05, 0) is 48.4 Å². The highest BCUT2D eigenvalue weighted by molar-refractivity contribution is 7.91. The average molecular weight is 422 g/mol. The van der Waals surface area contributed by atoms with Gasteiger partial charge in [0.15, 0.2) is 0 Å². The lowest BCUT2D eigenvalue weighted by atomic mass is 10.0. The number of hydrogen-bond donors (Lipinski definition) is 3. The van der Waals surface area contributed by atoms with Crippen LogP contribution in [0.1, 0.15) is 37.0 Å². The van der Waals surface area contributed by atoms with E-state index in [0.717, 1.165) is 24.2 Å². The Hall–Kier alpha value is -2.23. The van der Waals surface area contributed by atoms with Crippen LogP contribution in [0.15, 0.2) is 46.0 Å². The fourth-order valence-electron chi connectivity index (χ4n) is 2.59. The van der Waals surface area contributed by atoms with Gasteiger partial charge in [-0.25, -0.2) is 8.42 Å². The van der Waals surface area contributed by atoms with Gasteiger partial charge in [0.1, 0.15) is 10.3 Å². The molecule has 1 aliphatic rings. The summed E-state index contributed by atoms with van der Waals surface area (Å²) in [5, 5.41) is 7.27. The second-order valence-corrected chi connectivity index (χ2v) is 9.98. The molecule has 1 saturated carbocycles. The van der Waals surface area contributed by atoms with Crippen molar-refractivity contribution in [3.63, 3.8) is 0 Å². The standard InChI is InChI=1S/C19H23N3O4S2/c1-12(2)17(22-28(25,26)16-7-4-10-27-16)19(24)21-15-6-3-5-13(11-15)18(23)20-14-8-9-14/h3-7,10-12,14,17,22H,8-9H2,1-2H3,(H,20,23)(H,21,24)/t17-/m0/s1. The van der Waals surface area contributed by atoms with Gasteiger partial charge < -0.3 is 10.6 Å². The Morgan fingerprint density at radius 3 is 2.50 bits per heavy atom. The second-order valence-electron chi connectivity index (χ2n) is 7.09. The first kappa shape index (κ1) is 20.5. The molecule has 1 atom stereocenters. The predicted octanol–water partition coefficient (Wildman–Crippen LogP) is 2.58. The number of thiophene rings is 1. The Labute approximate surface area is 168 Å². The number of benzene rings is 1. The van der Waals surface area contributed by atoms with Crippen LogP contribution in [0.25, 0.3) is 0 Å². The molecule has 0 saturated heterocycles. The van der Waals surface area contributed by atoms with Crippen molar-refractivity contribution in [2.45, 2.75) is 43.0 Å². The summed E-state index contributed by atoms with van der Waals surface area (Å²) in [6.45, 7) is 3.53. The van der Waals surface area contributed by atoms with Crippen molar-refractivity contribution < 1.29 is 18.0 Å². The SMILES string of the molecule is CC(C)[C@H](NS(=O)(=O)c1cccs1)C(=O)Nc1cccc(C(=O)NC2CC2)c1. The Balaban J connectivity index is 1.71. The normalized spacial score (nSPS) is 15.2. The summed E-state index contributed by atoms with van der Waals surface area (Å²) in [5.41, 5.74) is 0.888. The molecule has 7 nitrogen and oxygen atoms in total. The van der Waals surface area contributed by atoms with Gasteiger partial charge >= 0.3 is 0 Å². The molecule has 3 rings (SSSR count). The quantitative estimate of drug-likeness (QED) is 0.609. The predicted molar refractivity (Wildman–Crippen MR) is 109 cm³/mol. The maximum Gasteiger partial charge on any atom is 0.251 e. The number of anilines is 1. The smallest absolute Gasteiger partial charge is 0.251 e. The third-order valence-corrected chi connectivity index (χ3v) is 7.13. The van der Waals surface area contributed by atoms with Crippen LogP contribution in [0.5, 0.6) is 0 Å². The summed E-state index contributed by atoms with van der Waals surface area (Å²) >= 11 is 1.09. The first-order valence-electron chi connectivity index (χ1n) is 9.04. The van der Waals surface area contributed by atoms with Crippen LogP contribution >= 0.6 is 11.3 Å². The molecule has 28 heavy (non-hydrogen) atoms. The third kappa shape index (κ3) is 5.18. The monoisotopic (exact) mass is 421 g/mol. The maximum atomic E-state index is 12.7. The van der Waals surface area contributed by atoms with Gasteiger partial charge in [0.05, 0.1) is 0 Å². The van der Waals surface area contributed by atoms with E-state index in [9.17, 15) is 18.0 Å². The molecule has 1 aliphatic carbocycles. The first-order valence-corrected chi connectivity index (χ1v) is 11.4. The lowest BCUT2D eigenvalue weighted by Gasteiger charge is -2.21. The topological polar surface area (TPSA) is 104 Å². The zero-order chi connectivity index (χ0) is 20.3. The lowest BCUT2D eigenvalue weighted by molar-refractivity contribution is -0.118. The molecule has 0 bridgehead atoms. The van der Waals surface area contributed by atoms with Crippen molar-refractivity contribution in [1.82, 2.24) is 10.0 Å². The third-order valence-electron chi connectivity index (χ3n) is 4.30. The van der Waals surface area contributed by atoms with Crippen LogP contribution in [0.3, 0.4) is 0 Å². The molecule has 2 amide bonds. The van der Waals surface area contributed by atoms with Crippen molar-refractivity contribution in [2.75, 3.05) is 5.32 Å². The zero-order valence-corrected chi connectivity index (χ0v) is 17.3. The van der Waals surface area contributed by atoms with Gasteiger partial charge in [0, 0.05) is 17.3 Å². The summed E-state index contributed by atoms with van der Waals surface area (Å²) in [7, 11) is -3.78. The van der Waals surface area contributed by atoms with Gasteiger partial charge in [-0.2, -0.15) is 4.72 Å². The van der Waals surface area contributed by atoms with E-state index in [1.165, 1.54) is 6.07 Å². The van der Waals surface area contributed by atoms with Crippen molar-refractivity contribution >= 4 is 38.9 Å². The molecule has 150 valence electrons. The fraction of sp³-hybridized carbons (Fsp3) is 0.368. The van der Waals surface area contributed by atoms with Crippen LogP contribution in [0.2, 0.25) is 0 Å². The van der Waals surface area contributed by atoms with Crippen LogP contribution < -0.4 is 15.4 Å². The van der Waals surface area contributed by atoms with E-state index >= 15 is 0 Å². The lowest BCUT2D eigenvalue weighted by Crippen LogP contribution is -2.46. The van der Waals surface area contributed by atoms with Gasteiger partial charge in [0.2, 0.25) is 5.91 Å². The molecule has 0 unspecified atom stereocenters. The maximum absolute atomic E-state index is 12.7. The molecule has 0 aliphatic heterocycles. The van der Waals surface area contributed by atoms with Crippen molar-refractivity contribution in [1.29, 1.82) is 0 Å². The summed E-state index contributed by atoms with van der Waals surface area (Å²) in [5.74, 6) is -0.927. The number of carbonyl (C=O) groups is 2. The van der Waals surface area contributed by atoms with E-state index in [0.29, 0.717) is 11.3 Å². The number of carbonyl (C=O) groups excluding carboxylic acids is 2. The van der Waals surface area contributed by atoms with Crippen molar-refractivity contribution in [3.05, 3.63) is 47.3 Å². The first-order chi connectivity index (χ1) is 13.3. The minimum atomic E-state index is -3.78. The molecular weight excluding hydrogens is 398 g/mol. The van der Waals surface area contributed by atoms with E-state index < -0.39 is 22.0 Å². The molecule has 1 heterocycles. The molecule has 2 aromatic rings. The van der Waals surface area contributed by atoms with Crippen molar-refractivity contribution in [3.8, 4) is 0 Å². The second kappa shape index (κ2) is 8.42. The highest BCUT2D eigenvalue weighted by Gasteiger charge is 2.29. The molecule has 1 fully saturated rings. The number of nitrogens with one attached hydrogen (secondary N) is 3. The molecular formula is C19H23N3O4S2. The molecule has 1 aromatic carbocycles. The molecule has 3 N–H and O–H groups in total. The minimum Gasteiger partial charge on any atom is -0.349 e. The molecule has 0 spiro atoms. The summed E-state index contributed by atoms with van der Waals surface area (Å²) in [6, 6.07) is 9.02. The van der Waals surface area contributed by atoms with Crippen molar-refractivity contribution in [2.24, 2.45) is 5.92 Å². The van der Waals surface area contributed by atoms with E-state index in [1.54, 1.807) is 49.6 Å². The van der Waals surface area contributed by atoms with Crippen LogP contribution in [0, 0.1) is 5.92 Å².